The summed E-state index contributed by atoms with van der Waals surface area (Å²) in [5.41, 5.74) is 6.07. The molecule has 18 heavy (non-hydrogen) atoms. The summed E-state index contributed by atoms with van der Waals surface area (Å²) >= 11 is 0. The van der Waals surface area contributed by atoms with E-state index in [1.165, 1.54) is 0 Å². The van der Waals surface area contributed by atoms with Gasteiger partial charge in [0.2, 0.25) is 5.91 Å². The van der Waals surface area contributed by atoms with Crippen LogP contribution in [0.2, 0.25) is 0 Å². The molecule has 0 bridgehead atoms. The second-order valence-corrected chi connectivity index (χ2v) is 6.11. The molecule has 1 amide bonds. The molecular formula is C14H26N2O2. The van der Waals surface area contributed by atoms with Crippen molar-refractivity contribution in [3.63, 3.8) is 0 Å². The minimum atomic E-state index is 0.117. The van der Waals surface area contributed by atoms with Crippen molar-refractivity contribution >= 4 is 5.91 Å². The molecule has 3 N–H and O–H groups in total. The zero-order valence-electron chi connectivity index (χ0n) is 11.5. The average Bonchev–Trinajstić information content (AvgIpc) is 2.35. The minimum absolute atomic E-state index is 0.117. The molecule has 0 aromatic carbocycles. The Morgan fingerprint density at radius 1 is 1.22 bits per heavy atom. The van der Waals surface area contributed by atoms with Gasteiger partial charge in [0.05, 0.1) is 6.61 Å². The Labute approximate surface area is 110 Å². The lowest BCUT2D eigenvalue weighted by Gasteiger charge is -2.34. The van der Waals surface area contributed by atoms with Gasteiger partial charge < -0.3 is 15.8 Å². The maximum absolute atomic E-state index is 12.3. The van der Waals surface area contributed by atoms with Gasteiger partial charge in [-0.1, -0.05) is 13.8 Å². The van der Waals surface area contributed by atoms with Gasteiger partial charge in [0.15, 0.2) is 0 Å². The largest absolute Gasteiger partial charge is 0.381 e. The number of ether oxygens (including phenoxy) is 1. The van der Waals surface area contributed by atoms with Crippen molar-refractivity contribution < 1.29 is 9.53 Å². The highest BCUT2D eigenvalue weighted by Gasteiger charge is 2.32. The van der Waals surface area contributed by atoms with E-state index in [4.69, 9.17) is 10.5 Å². The number of carbonyl (C=O) groups is 1. The summed E-state index contributed by atoms with van der Waals surface area (Å²) in [6, 6.07) is 0.462. The Bertz CT molecular complexity index is 296. The van der Waals surface area contributed by atoms with E-state index >= 15 is 0 Å². The van der Waals surface area contributed by atoms with E-state index in [0.717, 1.165) is 38.9 Å². The van der Waals surface area contributed by atoms with Crippen LogP contribution >= 0.6 is 0 Å². The van der Waals surface area contributed by atoms with Crippen molar-refractivity contribution in [1.29, 1.82) is 0 Å². The van der Waals surface area contributed by atoms with Crippen LogP contribution in [0, 0.1) is 17.8 Å². The number of hydrogen-bond donors (Lipinski definition) is 2. The number of rotatable bonds is 2. The maximum atomic E-state index is 12.3. The summed E-state index contributed by atoms with van der Waals surface area (Å²) in [6.07, 6.45) is 3.83. The molecule has 0 spiro atoms. The smallest absolute Gasteiger partial charge is 0.223 e. The molecule has 5 atom stereocenters. The van der Waals surface area contributed by atoms with Gasteiger partial charge in [0, 0.05) is 24.6 Å². The minimum Gasteiger partial charge on any atom is -0.381 e. The van der Waals surface area contributed by atoms with E-state index in [2.05, 4.69) is 19.2 Å². The van der Waals surface area contributed by atoms with Crippen molar-refractivity contribution in [2.75, 3.05) is 13.2 Å². The molecule has 0 aromatic heterocycles. The Kier molecular flexibility index (Phi) is 4.62. The van der Waals surface area contributed by atoms with E-state index in [0.29, 0.717) is 11.8 Å². The Hall–Kier alpha value is -0.610. The number of amides is 1. The fourth-order valence-corrected chi connectivity index (χ4v) is 2.99. The highest BCUT2D eigenvalue weighted by Crippen LogP contribution is 2.28. The molecule has 4 nitrogen and oxygen atoms in total. The van der Waals surface area contributed by atoms with E-state index < -0.39 is 0 Å². The van der Waals surface area contributed by atoms with Crippen LogP contribution in [-0.4, -0.2) is 31.2 Å². The molecule has 4 heteroatoms. The predicted octanol–water partition coefficient (Wildman–Crippen LogP) is 1.29. The summed E-state index contributed by atoms with van der Waals surface area (Å²) in [4.78, 5) is 12.3. The summed E-state index contributed by atoms with van der Waals surface area (Å²) < 4.78 is 5.40. The number of carbonyl (C=O) groups excluding carboxylic acids is 1. The first-order valence-corrected chi connectivity index (χ1v) is 7.21. The summed E-state index contributed by atoms with van der Waals surface area (Å²) in [5, 5.41) is 3.20. The normalized spacial score (nSPS) is 41.4. The zero-order chi connectivity index (χ0) is 13.1. The molecule has 2 fully saturated rings. The molecule has 5 unspecified atom stereocenters. The molecule has 1 heterocycles. The van der Waals surface area contributed by atoms with Crippen LogP contribution in [0.3, 0.4) is 0 Å². The highest BCUT2D eigenvalue weighted by atomic mass is 16.5. The van der Waals surface area contributed by atoms with Gasteiger partial charge in [-0.25, -0.2) is 0 Å². The Morgan fingerprint density at radius 3 is 2.67 bits per heavy atom. The quantitative estimate of drug-likeness (QED) is 0.780. The van der Waals surface area contributed by atoms with Gasteiger partial charge in [-0.05, 0) is 37.5 Å². The fraction of sp³-hybridized carbons (Fsp3) is 0.929. The van der Waals surface area contributed by atoms with Crippen LogP contribution in [0.15, 0.2) is 0 Å². The molecule has 1 aliphatic carbocycles. The summed E-state index contributed by atoms with van der Waals surface area (Å²) in [5.74, 6) is 1.29. The molecule has 104 valence electrons. The SMILES string of the molecule is CC1CCC(C(=O)NC2CCOCC2C)CC1N. The van der Waals surface area contributed by atoms with Crippen LogP contribution in [0.5, 0.6) is 0 Å². The lowest BCUT2D eigenvalue weighted by atomic mass is 9.79. The van der Waals surface area contributed by atoms with Gasteiger partial charge >= 0.3 is 0 Å². The van der Waals surface area contributed by atoms with Gasteiger partial charge in [-0.15, -0.1) is 0 Å². The standard InChI is InChI=1S/C14H26N2O2/c1-9-3-4-11(7-12(9)15)14(17)16-13-5-6-18-8-10(13)2/h9-13H,3-8,15H2,1-2H3,(H,16,17). The third-order valence-corrected chi connectivity index (χ3v) is 4.60. The third kappa shape index (κ3) is 3.23. The van der Waals surface area contributed by atoms with Crippen LogP contribution in [0.1, 0.15) is 39.5 Å². The highest BCUT2D eigenvalue weighted by molar-refractivity contribution is 5.79. The van der Waals surface area contributed by atoms with Crippen molar-refractivity contribution in [2.45, 2.75) is 51.6 Å². The first-order valence-electron chi connectivity index (χ1n) is 7.21. The van der Waals surface area contributed by atoms with Crippen LogP contribution in [0.4, 0.5) is 0 Å². The summed E-state index contributed by atoms with van der Waals surface area (Å²) in [6.45, 7) is 5.83. The molecule has 1 saturated carbocycles. The van der Waals surface area contributed by atoms with Crippen molar-refractivity contribution in [3.05, 3.63) is 0 Å². The average molecular weight is 254 g/mol. The monoisotopic (exact) mass is 254 g/mol. The van der Waals surface area contributed by atoms with Gasteiger partial charge in [0.25, 0.3) is 0 Å². The molecular weight excluding hydrogens is 228 g/mol. The van der Waals surface area contributed by atoms with E-state index in [1.807, 2.05) is 0 Å². The first-order chi connectivity index (χ1) is 8.58. The van der Waals surface area contributed by atoms with E-state index in [-0.39, 0.29) is 23.9 Å². The van der Waals surface area contributed by atoms with Crippen LogP contribution in [-0.2, 0) is 9.53 Å². The third-order valence-electron chi connectivity index (χ3n) is 4.60. The van der Waals surface area contributed by atoms with Gasteiger partial charge in [-0.3, -0.25) is 4.79 Å². The number of nitrogens with two attached hydrogens (primary N) is 1. The van der Waals surface area contributed by atoms with Crippen LogP contribution in [0.25, 0.3) is 0 Å². The number of hydrogen-bond acceptors (Lipinski definition) is 3. The lowest BCUT2D eigenvalue weighted by Crippen LogP contribution is -2.48. The summed E-state index contributed by atoms with van der Waals surface area (Å²) in [7, 11) is 0. The maximum Gasteiger partial charge on any atom is 0.223 e. The van der Waals surface area contributed by atoms with Crippen molar-refractivity contribution in [3.8, 4) is 0 Å². The van der Waals surface area contributed by atoms with Crippen molar-refractivity contribution in [1.82, 2.24) is 5.32 Å². The molecule has 1 saturated heterocycles. The fourth-order valence-electron chi connectivity index (χ4n) is 2.99. The Balaban J connectivity index is 1.84. The van der Waals surface area contributed by atoms with Gasteiger partial charge in [-0.2, -0.15) is 0 Å². The predicted molar refractivity (Wildman–Crippen MR) is 71.0 cm³/mol. The first kappa shape index (κ1) is 13.8. The molecule has 2 aliphatic rings. The number of nitrogens with one attached hydrogen (secondary N) is 1. The zero-order valence-corrected chi connectivity index (χ0v) is 11.5. The van der Waals surface area contributed by atoms with Gasteiger partial charge in [0.1, 0.15) is 0 Å². The lowest BCUT2D eigenvalue weighted by molar-refractivity contribution is -0.128. The van der Waals surface area contributed by atoms with Crippen LogP contribution < -0.4 is 11.1 Å². The topological polar surface area (TPSA) is 64.3 Å². The second-order valence-electron chi connectivity index (χ2n) is 6.11. The van der Waals surface area contributed by atoms with Crippen molar-refractivity contribution in [2.24, 2.45) is 23.5 Å². The Morgan fingerprint density at radius 2 is 2.00 bits per heavy atom. The van der Waals surface area contributed by atoms with E-state index in [1.54, 1.807) is 0 Å². The van der Waals surface area contributed by atoms with E-state index in [9.17, 15) is 4.79 Å². The molecule has 0 radical (unpaired) electrons. The second kappa shape index (κ2) is 6.02. The molecule has 2 rings (SSSR count). The molecule has 1 aliphatic heterocycles. The molecule has 0 aromatic rings.